The molecule has 4 aromatic heterocycles. The Morgan fingerprint density at radius 1 is 0.621 bits per heavy atom. The number of piperazine rings is 1. The fourth-order valence-electron chi connectivity index (χ4n) is 8.43. The van der Waals surface area contributed by atoms with Gasteiger partial charge in [-0.05, 0) is 207 Å². The Labute approximate surface area is 687 Å². The molecule has 0 radical (unpaired) electrons. The van der Waals surface area contributed by atoms with E-state index in [-0.39, 0.29) is 74.1 Å². The molecule has 5 amide bonds. The van der Waals surface area contributed by atoms with Gasteiger partial charge in [-0.1, -0.05) is 12.0 Å². The quantitative estimate of drug-likeness (QED) is 0.00877. The van der Waals surface area contributed by atoms with Crippen molar-refractivity contribution in [2.24, 2.45) is 47.0 Å². The highest BCUT2D eigenvalue weighted by Gasteiger charge is 2.45. The van der Waals surface area contributed by atoms with E-state index in [4.69, 9.17) is 41.8 Å². The first kappa shape index (κ1) is 87.5. The SMILES string of the molecule is C#CC#CC#CC#CC#CC#CC#CC#CC#CC#CC#CC#CC#CC#CC#CC#CC#CC#CC#CC.Cc1ccc(-n2nc(N3CCN(CCOCCOCCOc4ccc5c(c4)C(=O)N(C4CCC(=O)NC4=O)C5=O)CC3)cc2NC(=O)c2cnn3cccnc23)nc1.N=N/N=N/N=N/N=N/N=N/N(OOOO)OOOO.[HH].[HH].[HH].[HH].[HH].[HH].[HH].[HH].[HH].[HH].[HH].[HH].[HH].[HH].[HH].[HH].[HH].[HH]. The fourth-order valence-corrected chi connectivity index (χ4v) is 8.43. The van der Waals surface area contributed by atoms with Crippen LogP contribution in [-0.4, -0.2) is 156 Å². The Morgan fingerprint density at radius 2 is 1.14 bits per heavy atom. The number of carbonyl (C=O) groups excluding carboxylic acids is 5. The topological polar surface area (TPSA) is 442 Å². The molecule has 3 aliphatic heterocycles. The average molecular weight is 1590 g/mol. The van der Waals surface area contributed by atoms with Gasteiger partial charge < -0.3 is 24.4 Å². The molecule has 38 heteroatoms. The zero-order valence-corrected chi connectivity index (χ0v) is 60.1. The maximum atomic E-state index is 13.4. The minimum absolute atomic E-state index is 0. The molecule has 1 aromatic carbocycles. The highest BCUT2D eigenvalue weighted by Crippen LogP contribution is 2.31. The second-order valence-corrected chi connectivity index (χ2v) is 20.2. The van der Waals surface area contributed by atoms with Crippen molar-refractivity contribution >= 4 is 46.8 Å². The summed E-state index contributed by atoms with van der Waals surface area (Å²) < 4.78 is 20.4. The number of aromatic nitrogens is 6. The van der Waals surface area contributed by atoms with Gasteiger partial charge in [-0.2, -0.15) is 15.3 Å². The number of nitrogens with one attached hydrogen (secondary N) is 3. The number of hydrogen-bond acceptors (Lipinski definition) is 24. The van der Waals surface area contributed by atoms with Gasteiger partial charge in [-0.3, -0.25) is 39.1 Å². The Hall–Kier alpha value is -17.4. The second-order valence-electron chi connectivity index (χ2n) is 20.2. The molecule has 116 heavy (non-hydrogen) atoms. The summed E-state index contributed by atoms with van der Waals surface area (Å²) in [6.07, 6.45) is 11.7. The fraction of sp³-hybridized carbons (Fsp3) is 0.192. The van der Waals surface area contributed by atoms with Crippen LogP contribution in [0, 0.1) is 238 Å². The number of fused-ring (bicyclic) bond motifs is 2. The van der Waals surface area contributed by atoms with Crippen molar-refractivity contribution in [2.75, 3.05) is 76.0 Å². The van der Waals surface area contributed by atoms with Gasteiger partial charge in [0.25, 0.3) is 17.7 Å². The molecule has 8 rings (SSSR count). The smallest absolute Gasteiger partial charge is 0.262 e. The van der Waals surface area contributed by atoms with E-state index in [1.165, 1.54) is 18.3 Å². The third-order valence-electron chi connectivity index (χ3n) is 13.1. The summed E-state index contributed by atoms with van der Waals surface area (Å²) in [4.78, 5) is 85.0. The molecular weight excluding hydrogens is 1500 g/mol. The third-order valence-corrected chi connectivity index (χ3v) is 13.1. The lowest BCUT2D eigenvalue weighted by Crippen LogP contribution is -2.54. The number of nitrogens with zero attached hydrogens (tertiary/aromatic N) is 19. The molecule has 1 atom stereocenters. The summed E-state index contributed by atoms with van der Waals surface area (Å²) in [6, 6.07) is 11.0. The number of carbonyl (C=O) groups is 5. The molecule has 2 fully saturated rings. The minimum Gasteiger partial charge on any atom is -0.491 e. The van der Waals surface area contributed by atoms with Crippen molar-refractivity contribution in [2.45, 2.75) is 32.7 Å². The number of rotatable bonds is 26. The largest absolute Gasteiger partial charge is 0.491 e. The number of aryl methyl sites for hydroxylation is 1. The molecule has 5 N–H and O–H groups in total. The van der Waals surface area contributed by atoms with Crippen LogP contribution in [0.1, 0.15) is 82.1 Å². The van der Waals surface area contributed by atoms with E-state index in [0.29, 0.717) is 48.4 Å². The first-order valence-electron chi connectivity index (χ1n) is 32.2. The summed E-state index contributed by atoms with van der Waals surface area (Å²) >= 11 is 0. The Bertz CT molecular complexity index is 5990. The van der Waals surface area contributed by atoms with Crippen LogP contribution in [0.25, 0.3) is 11.5 Å². The highest BCUT2D eigenvalue weighted by molar-refractivity contribution is 6.23. The maximum Gasteiger partial charge on any atom is 0.262 e. The monoisotopic (exact) mass is 1580 g/mol. The summed E-state index contributed by atoms with van der Waals surface area (Å²) in [5.74, 6) is 91.5. The molecule has 602 valence electrons. The standard InChI is InChI=1S/C39H41N11O8.C39H4.H3N11O8.18H2/c1-25-3-7-31(41-23-25)50-32(43-36(52)29-24-42-48-10-2-9-40-35(29)48)22-33(45-50)47-13-11-46(12-14-47)15-16-56-17-18-57-19-20-58-26-4-5-27-28(21-26)39(55)49(38(27)54)30-6-8-34(51)44-37(30)53;1-3-5-7-9-11-13-15-17-19-21-23-25-27-29-31-33-35-37-39-38-36-34-32-30-28-26-24-22-20-18-16-14-12-10-8-6-4-2;1-2-3-4-5-6-7-8-9-10-11(14-18-16-12)15-19-17-13;;;;;;;;;;;;;;;;;;/h2-5,7,9-10,21-24,30H,6,8,11-20H2,1H3,(H,43,52)(H,44,51,53);1H,2H3;1,12-13H;18*1H/b;;2-1?,4-3+,6-5+,8-7+,10-9+;;;;;;;;;;;;;;;;;;. The lowest BCUT2D eigenvalue weighted by Gasteiger charge is -2.34. The van der Waals surface area contributed by atoms with Gasteiger partial charge in [0.05, 0.1) is 49.1 Å². The van der Waals surface area contributed by atoms with Crippen molar-refractivity contribution < 1.29 is 105 Å². The molecule has 0 saturated carbocycles. The second kappa shape index (κ2) is 54.2. The van der Waals surface area contributed by atoms with Crippen LogP contribution >= 0.6 is 0 Å². The Kier molecular flexibility index (Phi) is 40.9. The van der Waals surface area contributed by atoms with Crippen LogP contribution in [0.5, 0.6) is 5.75 Å². The summed E-state index contributed by atoms with van der Waals surface area (Å²) in [5, 5.41) is 67.5. The number of hydrogen-bond donors (Lipinski definition) is 5. The zero-order valence-electron chi connectivity index (χ0n) is 60.1. The van der Waals surface area contributed by atoms with E-state index < -0.39 is 29.7 Å². The normalized spacial score (nSPS) is 11.9. The lowest BCUT2D eigenvalue weighted by atomic mass is 10.0. The first-order valence-corrected chi connectivity index (χ1v) is 32.2. The molecule has 1 unspecified atom stereocenters. The van der Waals surface area contributed by atoms with Gasteiger partial charge in [-0.25, -0.2) is 25.0 Å². The van der Waals surface area contributed by atoms with Gasteiger partial charge in [0.1, 0.15) is 29.8 Å². The van der Waals surface area contributed by atoms with Gasteiger partial charge >= 0.3 is 0 Å². The number of pyridine rings is 1. The Morgan fingerprint density at radius 3 is 1.66 bits per heavy atom. The molecule has 3 aliphatic rings. The number of piperidine rings is 1. The number of imide groups is 2. The predicted octanol–water partition coefficient (Wildman–Crippen LogP) is 7.87. The maximum absolute atomic E-state index is 13.4. The van der Waals surface area contributed by atoms with E-state index in [1.807, 2.05) is 25.1 Å². The first-order chi connectivity index (χ1) is 57.0. The number of benzene rings is 1. The van der Waals surface area contributed by atoms with Crippen LogP contribution in [0.2, 0.25) is 0 Å². The van der Waals surface area contributed by atoms with Gasteiger partial charge in [0.2, 0.25) is 11.8 Å². The van der Waals surface area contributed by atoms with E-state index >= 15 is 0 Å². The van der Waals surface area contributed by atoms with Crippen LogP contribution in [0.15, 0.2) is 114 Å². The van der Waals surface area contributed by atoms with Gasteiger partial charge in [-0.15, -0.1) is 11.5 Å². The van der Waals surface area contributed by atoms with Crippen molar-refractivity contribution in [3.8, 4) is 237 Å². The zero-order chi connectivity index (χ0) is 82.5. The molecular formula is C78H84N22O16. The van der Waals surface area contributed by atoms with Crippen LogP contribution in [0.3, 0.4) is 0 Å². The van der Waals surface area contributed by atoms with Crippen molar-refractivity contribution in [3.05, 3.63) is 89.5 Å². The summed E-state index contributed by atoms with van der Waals surface area (Å²) in [5.41, 5.74) is 8.32. The average Bonchev–Trinajstić information content (AvgIpc) is 1.61. The number of amides is 5. The lowest BCUT2D eigenvalue weighted by molar-refractivity contribution is -0.764. The van der Waals surface area contributed by atoms with Crippen LogP contribution in [0.4, 0.5) is 11.6 Å². The highest BCUT2D eigenvalue weighted by atomic mass is 17.7. The van der Waals surface area contributed by atoms with E-state index in [0.717, 1.165) is 49.0 Å². The number of ether oxygens (including phenoxy) is 3. The number of anilines is 2. The summed E-state index contributed by atoms with van der Waals surface area (Å²) in [6.45, 7) is 9.32. The molecule has 7 heterocycles. The molecule has 2 saturated heterocycles. The number of terminal acetylenes is 1. The molecule has 0 bridgehead atoms. The van der Waals surface area contributed by atoms with Crippen LogP contribution < -0.4 is 20.3 Å². The molecule has 0 aliphatic carbocycles. The van der Waals surface area contributed by atoms with Crippen LogP contribution in [-0.2, 0) is 49.2 Å². The van der Waals surface area contributed by atoms with Crippen molar-refractivity contribution in [1.82, 2.24) is 49.8 Å². The Balaban J connectivity index is -0.000000155. The minimum atomic E-state index is -1.02. The van der Waals surface area contributed by atoms with E-state index in [9.17, 15) is 24.0 Å². The van der Waals surface area contributed by atoms with Gasteiger partial charge in [0, 0.05) is 229 Å². The summed E-state index contributed by atoms with van der Waals surface area (Å²) in [7, 11) is 0. The van der Waals surface area contributed by atoms with Crippen molar-refractivity contribution in [1.29, 1.82) is 5.53 Å². The van der Waals surface area contributed by atoms with Crippen molar-refractivity contribution in [3.63, 3.8) is 0 Å². The molecule has 38 nitrogen and oxygen atoms in total. The molecule has 5 aromatic rings. The van der Waals surface area contributed by atoms with E-state index in [1.54, 1.807) is 46.8 Å². The van der Waals surface area contributed by atoms with Gasteiger partial charge in [0.15, 0.2) is 17.3 Å². The molecule has 0 spiro atoms. The van der Waals surface area contributed by atoms with E-state index in [2.05, 4.69) is 332 Å². The predicted molar refractivity (Wildman–Crippen MR) is 437 cm³/mol. The third kappa shape index (κ3) is 33.4.